The molecule has 0 fully saturated rings. The SMILES string of the molecule is CSc1ccccc1NC(=O)[C@H](Cc1ccccc1)NS(=O)(=O)c1ccccc1. The average Bonchev–Trinajstić information content (AvgIpc) is 2.75. The van der Waals surface area contributed by atoms with Gasteiger partial charge in [0.2, 0.25) is 15.9 Å². The number of sulfonamides is 1. The smallest absolute Gasteiger partial charge is 0.242 e. The second-order valence-corrected chi connectivity index (χ2v) is 8.93. The Morgan fingerprint density at radius 1 is 0.897 bits per heavy atom. The van der Waals surface area contributed by atoms with Crippen LogP contribution >= 0.6 is 11.8 Å². The molecular formula is C22H22N2O3S2. The highest BCUT2D eigenvalue weighted by Gasteiger charge is 2.26. The molecule has 3 aromatic carbocycles. The largest absolute Gasteiger partial charge is 0.324 e. The second kappa shape index (κ2) is 9.73. The first-order valence-corrected chi connectivity index (χ1v) is 11.8. The Balaban J connectivity index is 1.87. The molecule has 0 saturated heterocycles. The molecule has 0 spiro atoms. The van der Waals surface area contributed by atoms with Gasteiger partial charge in [0.05, 0.1) is 10.6 Å². The molecule has 5 nitrogen and oxygen atoms in total. The van der Waals surface area contributed by atoms with Gasteiger partial charge in [0, 0.05) is 4.90 Å². The first kappa shape index (κ1) is 21.1. The highest BCUT2D eigenvalue weighted by molar-refractivity contribution is 7.98. The molecule has 0 aliphatic heterocycles. The second-order valence-electron chi connectivity index (χ2n) is 6.37. The average molecular weight is 427 g/mol. The fourth-order valence-electron chi connectivity index (χ4n) is 2.86. The summed E-state index contributed by atoms with van der Waals surface area (Å²) in [4.78, 5) is 14.1. The zero-order chi connectivity index (χ0) is 20.7. The third kappa shape index (κ3) is 5.69. The molecule has 7 heteroatoms. The molecule has 0 saturated carbocycles. The molecule has 0 aliphatic rings. The van der Waals surface area contributed by atoms with Gasteiger partial charge in [-0.05, 0) is 42.5 Å². The number of anilines is 1. The number of rotatable bonds is 8. The van der Waals surface area contributed by atoms with Crippen molar-refractivity contribution in [2.24, 2.45) is 0 Å². The molecule has 0 radical (unpaired) electrons. The number of thioether (sulfide) groups is 1. The number of carbonyl (C=O) groups excluding carboxylic acids is 1. The van der Waals surface area contributed by atoms with E-state index in [4.69, 9.17) is 0 Å². The summed E-state index contributed by atoms with van der Waals surface area (Å²) in [6.45, 7) is 0. The zero-order valence-electron chi connectivity index (χ0n) is 15.9. The Morgan fingerprint density at radius 3 is 2.14 bits per heavy atom. The maximum Gasteiger partial charge on any atom is 0.242 e. The van der Waals surface area contributed by atoms with Crippen molar-refractivity contribution >= 4 is 33.4 Å². The van der Waals surface area contributed by atoms with Crippen LogP contribution in [0.3, 0.4) is 0 Å². The third-order valence-corrected chi connectivity index (χ3v) is 6.60. The molecule has 0 heterocycles. The topological polar surface area (TPSA) is 75.3 Å². The van der Waals surface area contributed by atoms with Crippen molar-refractivity contribution in [3.05, 3.63) is 90.5 Å². The van der Waals surface area contributed by atoms with Gasteiger partial charge in [0.25, 0.3) is 0 Å². The van der Waals surface area contributed by atoms with Gasteiger partial charge in [-0.25, -0.2) is 8.42 Å². The van der Waals surface area contributed by atoms with Crippen LogP contribution in [-0.2, 0) is 21.2 Å². The molecule has 3 rings (SSSR count). The predicted molar refractivity (Wildman–Crippen MR) is 118 cm³/mol. The number of amides is 1. The molecule has 29 heavy (non-hydrogen) atoms. The van der Waals surface area contributed by atoms with Gasteiger partial charge in [0.1, 0.15) is 6.04 Å². The molecule has 0 aromatic heterocycles. The Hall–Kier alpha value is -2.61. The molecule has 0 aliphatic carbocycles. The summed E-state index contributed by atoms with van der Waals surface area (Å²) in [5.41, 5.74) is 1.52. The Morgan fingerprint density at radius 2 is 1.48 bits per heavy atom. The predicted octanol–water partition coefficient (Wildman–Crippen LogP) is 3.94. The first-order chi connectivity index (χ1) is 14.0. The van der Waals surface area contributed by atoms with E-state index in [0.29, 0.717) is 5.69 Å². The molecule has 2 N–H and O–H groups in total. The molecule has 3 aromatic rings. The van der Waals surface area contributed by atoms with Crippen LogP contribution in [0, 0.1) is 0 Å². The van der Waals surface area contributed by atoms with Crippen LogP contribution in [0.4, 0.5) is 5.69 Å². The Kier molecular flexibility index (Phi) is 7.09. The third-order valence-electron chi connectivity index (χ3n) is 4.31. The fraction of sp³-hybridized carbons (Fsp3) is 0.136. The lowest BCUT2D eigenvalue weighted by molar-refractivity contribution is -0.117. The maximum absolute atomic E-state index is 13.0. The van der Waals surface area contributed by atoms with Gasteiger partial charge in [0.15, 0.2) is 0 Å². The minimum absolute atomic E-state index is 0.121. The minimum atomic E-state index is -3.85. The molecular weight excluding hydrogens is 404 g/mol. The Labute approximate surface area is 175 Å². The van der Waals surface area contributed by atoms with Crippen molar-refractivity contribution in [2.45, 2.75) is 22.3 Å². The quantitative estimate of drug-likeness (QED) is 0.535. The van der Waals surface area contributed by atoms with E-state index < -0.39 is 22.0 Å². The van der Waals surface area contributed by atoms with Gasteiger partial charge in [-0.1, -0.05) is 60.7 Å². The molecule has 1 atom stereocenters. The van der Waals surface area contributed by atoms with E-state index in [1.165, 1.54) is 23.9 Å². The number of benzene rings is 3. The van der Waals surface area contributed by atoms with Crippen LogP contribution in [0.15, 0.2) is 94.7 Å². The number of hydrogen-bond acceptors (Lipinski definition) is 4. The van der Waals surface area contributed by atoms with Gasteiger partial charge in [-0.15, -0.1) is 11.8 Å². The lowest BCUT2D eigenvalue weighted by Gasteiger charge is -2.19. The number of carbonyl (C=O) groups is 1. The summed E-state index contributed by atoms with van der Waals surface area (Å²) in [6, 6.07) is 23.8. The molecule has 0 bridgehead atoms. The summed E-state index contributed by atoms with van der Waals surface area (Å²) >= 11 is 1.51. The summed E-state index contributed by atoms with van der Waals surface area (Å²) in [6.07, 6.45) is 2.16. The van der Waals surface area contributed by atoms with Crippen molar-refractivity contribution in [1.82, 2.24) is 4.72 Å². The molecule has 1 amide bonds. The van der Waals surface area contributed by atoms with E-state index in [1.54, 1.807) is 24.3 Å². The van der Waals surface area contributed by atoms with Crippen LogP contribution < -0.4 is 10.0 Å². The van der Waals surface area contributed by atoms with Gasteiger partial charge in [-0.2, -0.15) is 4.72 Å². The molecule has 0 unspecified atom stereocenters. The lowest BCUT2D eigenvalue weighted by Crippen LogP contribution is -2.45. The number of para-hydroxylation sites is 1. The van der Waals surface area contributed by atoms with Crippen LogP contribution in [0.1, 0.15) is 5.56 Å². The van der Waals surface area contributed by atoms with Gasteiger partial charge >= 0.3 is 0 Å². The lowest BCUT2D eigenvalue weighted by atomic mass is 10.1. The first-order valence-electron chi connectivity index (χ1n) is 9.05. The molecule has 150 valence electrons. The minimum Gasteiger partial charge on any atom is -0.324 e. The summed E-state index contributed by atoms with van der Waals surface area (Å²) < 4.78 is 28.2. The van der Waals surface area contributed by atoms with Gasteiger partial charge < -0.3 is 5.32 Å². The van der Waals surface area contributed by atoms with Crippen molar-refractivity contribution in [2.75, 3.05) is 11.6 Å². The van der Waals surface area contributed by atoms with Crippen molar-refractivity contribution in [3.63, 3.8) is 0 Å². The number of nitrogens with one attached hydrogen (secondary N) is 2. The van der Waals surface area contributed by atoms with Crippen molar-refractivity contribution in [3.8, 4) is 0 Å². The van der Waals surface area contributed by atoms with Gasteiger partial charge in [-0.3, -0.25) is 4.79 Å². The van der Waals surface area contributed by atoms with E-state index in [-0.39, 0.29) is 11.3 Å². The zero-order valence-corrected chi connectivity index (χ0v) is 17.5. The van der Waals surface area contributed by atoms with E-state index in [2.05, 4.69) is 10.0 Å². The van der Waals surface area contributed by atoms with Crippen LogP contribution in [0.25, 0.3) is 0 Å². The summed E-state index contributed by atoms with van der Waals surface area (Å²) in [7, 11) is -3.85. The fourth-order valence-corrected chi connectivity index (χ4v) is 4.63. The highest BCUT2D eigenvalue weighted by atomic mass is 32.2. The maximum atomic E-state index is 13.0. The van der Waals surface area contributed by atoms with E-state index >= 15 is 0 Å². The van der Waals surface area contributed by atoms with Crippen molar-refractivity contribution < 1.29 is 13.2 Å². The van der Waals surface area contributed by atoms with Crippen LogP contribution in [-0.4, -0.2) is 26.6 Å². The van der Waals surface area contributed by atoms with E-state index in [0.717, 1.165) is 10.5 Å². The standard InChI is InChI=1S/C22H22N2O3S2/c1-28-21-15-9-8-14-19(21)23-22(25)20(16-17-10-4-2-5-11-17)24-29(26,27)18-12-6-3-7-13-18/h2-15,20,24H,16H2,1H3,(H,23,25)/t20-/m0/s1. The summed E-state index contributed by atoms with van der Waals surface area (Å²) in [5, 5.41) is 2.87. The highest BCUT2D eigenvalue weighted by Crippen LogP contribution is 2.25. The van der Waals surface area contributed by atoms with Crippen LogP contribution in [0.2, 0.25) is 0 Å². The summed E-state index contributed by atoms with van der Waals surface area (Å²) in [5.74, 6) is -0.408. The van der Waals surface area contributed by atoms with E-state index in [9.17, 15) is 13.2 Å². The van der Waals surface area contributed by atoms with Crippen molar-refractivity contribution in [1.29, 1.82) is 0 Å². The Bertz CT molecular complexity index is 1060. The monoisotopic (exact) mass is 426 g/mol. The normalized spacial score (nSPS) is 12.3. The van der Waals surface area contributed by atoms with E-state index in [1.807, 2.05) is 54.8 Å². The number of hydrogen-bond donors (Lipinski definition) is 2. The van der Waals surface area contributed by atoms with Crippen LogP contribution in [0.5, 0.6) is 0 Å².